The number of hydrogen-bond donors (Lipinski definition) is 0. The molecular weight excluding hydrogens is 326 g/mol. The average Bonchev–Trinajstić information content (AvgIpc) is 3.16. The summed E-state index contributed by atoms with van der Waals surface area (Å²) in [5.41, 5.74) is 2.16. The van der Waals surface area contributed by atoms with Gasteiger partial charge in [0.2, 0.25) is 5.91 Å². The van der Waals surface area contributed by atoms with Gasteiger partial charge in [-0.1, -0.05) is 0 Å². The molecule has 0 saturated carbocycles. The third kappa shape index (κ3) is 4.19. The highest BCUT2D eigenvalue weighted by molar-refractivity contribution is 7.14. The lowest BCUT2D eigenvalue weighted by Gasteiger charge is -2.32. The van der Waals surface area contributed by atoms with Gasteiger partial charge in [0.25, 0.3) is 0 Å². The van der Waals surface area contributed by atoms with Gasteiger partial charge in [0.05, 0.1) is 31.1 Å². The molecule has 1 aliphatic heterocycles. The molecule has 0 aliphatic carbocycles. The van der Waals surface area contributed by atoms with Crippen molar-refractivity contribution in [2.45, 2.75) is 33.0 Å². The summed E-state index contributed by atoms with van der Waals surface area (Å²) in [4.78, 5) is 19.9. The molecule has 1 saturated heterocycles. The van der Waals surface area contributed by atoms with Gasteiger partial charge < -0.3 is 4.74 Å². The Morgan fingerprint density at radius 2 is 2.38 bits per heavy atom. The van der Waals surface area contributed by atoms with Crippen LogP contribution < -0.4 is 4.90 Å². The molecule has 0 aromatic carbocycles. The van der Waals surface area contributed by atoms with Gasteiger partial charge in [-0.2, -0.15) is 5.10 Å². The number of aryl methyl sites for hydroxylation is 1. The van der Waals surface area contributed by atoms with Crippen LogP contribution in [0.25, 0.3) is 0 Å². The molecule has 1 fully saturated rings. The lowest BCUT2D eigenvalue weighted by molar-refractivity contribution is -0.116. The van der Waals surface area contributed by atoms with Crippen LogP contribution in [0.3, 0.4) is 0 Å². The number of thiazole rings is 1. The van der Waals surface area contributed by atoms with E-state index < -0.39 is 0 Å². The van der Waals surface area contributed by atoms with E-state index in [1.165, 1.54) is 11.3 Å². The topological polar surface area (TPSA) is 63.5 Å². The van der Waals surface area contributed by atoms with Crippen molar-refractivity contribution >= 4 is 22.4 Å². The van der Waals surface area contributed by atoms with Gasteiger partial charge in [0, 0.05) is 45.2 Å². The van der Waals surface area contributed by atoms with Gasteiger partial charge in [-0.3, -0.25) is 19.3 Å². The molecule has 0 spiro atoms. The van der Waals surface area contributed by atoms with Gasteiger partial charge in [-0.25, -0.2) is 4.98 Å². The lowest BCUT2D eigenvalue weighted by atomic mass is 10.2. The summed E-state index contributed by atoms with van der Waals surface area (Å²) in [6.07, 6.45) is 4.03. The SMILES string of the molecule is CC(=O)N(C)c1nc(CN2CCO[C@H](Cn3cc(C)cn3)C2)cs1. The second-order valence-corrected chi connectivity index (χ2v) is 7.00. The molecule has 7 nitrogen and oxygen atoms in total. The summed E-state index contributed by atoms with van der Waals surface area (Å²) in [5.74, 6) is -0.00291. The molecule has 0 N–H and O–H groups in total. The maximum atomic E-state index is 11.4. The van der Waals surface area contributed by atoms with Crippen molar-refractivity contribution < 1.29 is 9.53 Å². The Morgan fingerprint density at radius 1 is 1.54 bits per heavy atom. The van der Waals surface area contributed by atoms with E-state index in [4.69, 9.17) is 4.74 Å². The smallest absolute Gasteiger partial charge is 0.225 e. The van der Waals surface area contributed by atoms with Crippen molar-refractivity contribution in [3.63, 3.8) is 0 Å². The van der Waals surface area contributed by atoms with E-state index in [-0.39, 0.29) is 12.0 Å². The zero-order valence-electron chi connectivity index (χ0n) is 14.3. The van der Waals surface area contributed by atoms with Gasteiger partial charge in [-0.05, 0) is 12.5 Å². The lowest BCUT2D eigenvalue weighted by Crippen LogP contribution is -2.43. The molecule has 0 bridgehead atoms. The Bertz CT molecular complexity index is 698. The number of ether oxygens (including phenoxy) is 1. The van der Waals surface area contributed by atoms with E-state index in [1.54, 1.807) is 18.9 Å². The summed E-state index contributed by atoms with van der Waals surface area (Å²) in [6, 6.07) is 0. The molecule has 130 valence electrons. The van der Waals surface area contributed by atoms with Gasteiger partial charge in [-0.15, -0.1) is 11.3 Å². The normalized spacial score (nSPS) is 18.7. The quantitative estimate of drug-likeness (QED) is 0.819. The maximum absolute atomic E-state index is 11.4. The second kappa shape index (κ2) is 7.42. The molecule has 1 amide bonds. The number of carbonyl (C=O) groups excluding carboxylic acids is 1. The Kier molecular flexibility index (Phi) is 5.27. The maximum Gasteiger partial charge on any atom is 0.225 e. The van der Waals surface area contributed by atoms with E-state index in [0.29, 0.717) is 0 Å². The standard InChI is InChI=1S/C16H23N5O2S/c1-12-6-17-21(7-12)10-15-9-20(4-5-23-15)8-14-11-24-16(18-14)19(3)13(2)22/h6-7,11,15H,4-5,8-10H2,1-3H3/t15-/m0/s1. The van der Waals surface area contributed by atoms with Crippen LogP contribution in [-0.2, 0) is 22.6 Å². The molecule has 2 aromatic heterocycles. The highest BCUT2D eigenvalue weighted by Gasteiger charge is 2.22. The predicted molar refractivity (Wildman–Crippen MR) is 93.2 cm³/mol. The second-order valence-electron chi connectivity index (χ2n) is 6.17. The molecule has 3 rings (SSSR count). The number of morpholine rings is 1. The molecule has 3 heterocycles. The number of nitrogens with zero attached hydrogens (tertiary/aromatic N) is 5. The highest BCUT2D eigenvalue weighted by atomic mass is 32.1. The van der Waals surface area contributed by atoms with Crippen LogP contribution in [0.4, 0.5) is 5.13 Å². The first kappa shape index (κ1) is 17.1. The average molecular weight is 349 g/mol. The molecular formula is C16H23N5O2S. The first-order chi connectivity index (χ1) is 11.5. The monoisotopic (exact) mass is 349 g/mol. The third-order valence-electron chi connectivity index (χ3n) is 4.06. The van der Waals surface area contributed by atoms with E-state index >= 15 is 0 Å². The largest absolute Gasteiger partial charge is 0.374 e. The number of amides is 1. The number of carbonyl (C=O) groups is 1. The molecule has 0 unspecified atom stereocenters. The third-order valence-corrected chi connectivity index (χ3v) is 5.03. The van der Waals surface area contributed by atoms with Crippen molar-refractivity contribution in [3.8, 4) is 0 Å². The van der Waals surface area contributed by atoms with Crippen LogP contribution in [0.5, 0.6) is 0 Å². The van der Waals surface area contributed by atoms with Crippen LogP contribution >= 0.6 is 11.3 Å². The first-order valence-electron chi connectivity index (χ1n) is 8.03. The van der Waals surface area contributed by atoms with Gasteiger partial charge >= 0.3 is 0 Å². The van der Waals surface area contributed by atoms with Crippen LogP contribution in [-0.4, -0.2) is 58.4 Å². The number of aromatic nitrogens is 3. The van der Waals surface area contributed by atoms with Crippen LogP contribution in [0.2, 0.25) is 0 Å². The van der Waals surface area contributed by atoms with Crippen molar-refractivity contribution in [3.05, 3.63) is 29.0 Å². The fraction of sp³-hybridized carbons (Fsp3) is 0.562. The van der Waals surface area contributed by atoms with Crippen molar-refractivity contribution in [1.29, 1.82) is 0 Å². The Balaban J connectivity index is 1.56. The molecule has 0 radical (unpaired) electrons. The first-order valence-corrected chi connectivity index (χ1v) is 8.91. The summed E-state index contributed by atoms with van der Waals surface area (Å²) in [7, 11) is 1.75. The minimum absolute atomic E-state index is 0.00291. The summed E-state index contributed by atoms with van der Waals surface area (Å²) in [5, 5.41) is 7.10. The minimum atomic E-state index is -0.00291. The molecule has 24 heavy (non-hydrogen) atoms. The predicted octanol–water partition coefficient (Wildman–Crippen LogP) is 1.53. The summed E-state index contributed by atoms with van der Waals surface area (Å²) < 4.78 is 7.80. The number of hydrogen-bond acceptors (Lipinski definition) is 6. The van der Waals surface area contributed by atoms with Crippen LogP contribution in [0.1, 0.15) is 18.2 Å². The molecule has 2 aromatic rings. The Labute approximate surface area is 145 Å². The Morgan fingerprint density at radius 3 is 3.08 bits per heavy atom. The van der Waals surface area contributed by atoms with Gasteiger partial charge in [0.1, 0.15) is 0 Å². The highest BCUT2D eigenvalue weighted by Crippen LogP contribution is 2.21. The van der Waals surface area contributed by atoms with E-state index in [9.17, 15) is 4.79 Å². The zero-order valence-corrected chi connectivity index (χ0v) is 15.1. The number of rotatable bonds is 5. The summed E-state index contributed by atoms with van der Waals surface area (Å²) in [6.45, 7) is 7.59. The number of anilines is 1. The van der Waals surface area contributed by atoms with Gasteiger partial charge in [0.15, 0.2) is 5.13 Å². The van der Waals surface area contributed by atoms with E-state index in [1.807, 2.05) is 29.4 Å². The zero-order chi connectivity index (χ0) is 17.1. The Hall–Kier alpha value is -1.77. The van der Waals surface area contributed by atoms with E-state index in [2.05, 4.69) is 15.0 Å². The summed E-state index contributed by atoms with van der Waals surface area (Å²) >= 11 is 1.50. The van der Waals surface area contributed by atoms with Crippen molar-refractivity contribution in [2.75, 3.05) is 31.6 Å². The fourth-order valence-electron chi connectivity index (χ4n) is 2.70. The van der Waals surface area contributed by atoms with E-state index in [0.717, 1.165) is 49.2 Å². The molecule has 1 aliphatic rings. The van der Waals surface area contributed by atoms with Crippen LogP contribution in [0, 0.1) is 6.92 Å². The fourth-order valence-corrected chi connectivity index (χ4v) is 3.52. The molecule has 1 atom stereocenters. The van der Waals surface area contributed by atoms with Crippen molar-refractivity contribution in [2.24, 2.45) is 0 Å². The minimum Gasteiger partial charge on any atom is -0.374 e. The van der Waals surface area contributed by atoms with Crippen LogP contribution in [0.15, 0.2) is 17.8 Å². The van der Waals surface area contributed by atoms with Crippen molar-refractivity contribution in [1.82, 2.24) is 19.7 Å². The molecule has 8 heteroatoms.